The number of thioether (sulfide) groups is 1. The van der Waals surface area contributed by atoms with E-state index >= 15 is 0 Å². The van der Waals surface area contributed by atoms with Crippen molar-refractivity contribution in [3.8, 4) is 11.5 Å². The lowest BCUT2D eigenvalue weighted by Crippen LogP contribution is -2.01. The quantitative estimate of drug-likeness (QED) is 0.709. The van der Waals surface area contributed by atoms with Crippen molar-refractivity contribution in [2.45, 2.75) is 6.92 Å². The average Bonchev–Trinajstić information content (AvgIpc) is 2.31. The van der Waals surface area contributed by atoms with Crippen LogP contribution in [0, 0.1) is 0 Å². The molecule has 0 aliphatic heterocycles. The highest BCUT2D eigenvalue weighted by atomic mass is 32.2. The Morgan fingerprint density at radius 1 is 1.06 bits per heavy atom. The molecule has 16 heavy (non-hydrogen) atoms. The molecule has 0 spiro atoms. The zero-order valence-electron chi connectivity index (χ0n) is 9.52. The summed E-state index contributed by atoms with van der Waals surface area (Å²) in [7, 11) is 0. The van der Waals surface area contributed by atoms with Crippen LogP contribution in [-0.2, 0) is 0 Å². The molecule has 1 aromatic rings. The molecule has 0 aliphatic rings. The number of aliphatic hydroxyl groups is 1. The van der Waals surface area contributed by atoms with Gasteiger partial charge in [-0.15, -0.1) is 0 Å². The minimum absolute atomic E-state index is 0.230. The van der Waals surface area contributed by atoms with Gasteiger partial charge in [-0.1, -0.05) is 0 Å². The maximum Gasteiger partial charge on any atom is 0.119 e. The van der Waals surface area contributed by atoms with Crippen LogP contribution in [0.3, 0.4) is 0 Å². The van der Waals surface area contributed by atoms with Gasteiger partial charge < -0.3 is 14.6 Å². The number of aliphatic hydroxyl groups excluding tert-OH is 1. The molecule has 0 aliphatic carbocycles. The minimum Gasteiger partial charge on any atom is -0.494 e. The lowest BCUT2D eigenvalue weighted by molar-refractivity contribution is 0.321. The molecule has 0 bridgehead atoms. The summed E-state index contributed by atoms with van der Waals surface area (Å²) >= 11 is 1.68. The Kier molecular flexibility index (Phi) is 6.85. The van der Waals surface area contributed by atoms with Gasteiger partial charge in [-0.3, -0.25) is 0 Å². The van der Waals surface area contributed by atoms with E-state index in [1.165, 1.54) is 0 Å². The van der Waals surface area contributed by atoms with E-state index < -0.39 is 0 Å². The highest BCUT2D eigenvalue weighted by molar-refractivity contribution is 7.99. The SMILES string of the molecule is CCOc1ccc(OCCSCCO)cc1. The van der Waals surface area contributed by atoms with E-state index in [9.17, 15) is 0 Å². The molecule has 0 unspecified atom stereocenters. The number of benzene rings is 1. The summed E-state index contributed by atoms with van der Waals surface area (Å²) < 4.78 is 10.9. The van der Waals surface area contributed by atoms with Crippen molar-refractivity contribution < 1.29 is 14.6 Å². The first kappa shape index (κ1) is 13.2. The first-order chi connectivity index (χ1) is 7.86. The number of hydrogen-bond donors (Lipinski definition) is 1. The Balaban J connectivity index is 2.21. The molecule has 90 valence electrons. The Hall–Kier alpha value is -0.870. The molecule has 0 saturated carbocycles. The lowest BCUT2D eigenvalue weighted by Gasteiger charge is -2.07. The van der Waals surface area contributed by atoms with E-state index in [0.717, 1.165) is 23.0 Å². The summed E-state index contributed by atoms with van der Waals surface area (Å²) in [4.78, 5) is 0. The van der Waals surface area contributed by atoms with Crippen molar-refractivity contribution in [1.29, 1.82) is 0 Å². The summed E-state index contributed by atoms with van der Waals surface area (Å²) in [5.41, 5.74) is 0. The molecule has 0 radical (unpaired) electrons. The predicted octanol–water partition coefficient (Wildman–Crippen LogP) is 2.19. The third-order valence-electron chi connectivity index (χ3n) is 1.87. The van der Waals surface area contributed by atoms with Gasteiger partial charge in [0.15, 0.2) is 0 Å². The van der Waals surface area contributed by atoms with Crippen LogP contribution in [0.15, 0.2) is 24.3 Å². The third-order valence-corrected chi connectivity index (χ3v) is 2.79. The molecule has 0 fully saturated rings. The first-order valence-corrected chi connectivity index (χ1v) is 6.56. The minimum atomic E-state index is 0.230. The van der Waals surface area contributed by atoms with Crippen molar-refractivity contribution in [2.75, 3.05) is 31.3 Å². The fraction of sp³-hybridized carbons (Fsp3) is 0.500. The summed E-state index contributed by atoms with van der Waals surface area (Å²) in [6.45, 7) is 3.53. The summed E-state index contributed by atoms with van der Waals surface area (Å²) in [5.74, 6) is 3.39. The predicted molar refractivity (Wildman–Crippen MR) is 67.5 cm³/mol. The van der Waals surface area contributed by atoms with Crippen molar-refractivity contribution >= 4 is 11.8 Å². The van der Waals surface area contributed by atoms with Crippen LogP contribution in [-0.4, -0.2) is 36.4 Å². The topological polar surface area (TPSA) is 38.7 Å². The molecule has 1 rings (SSSR count). The van der Waals surface area contributed by atoms with E-state index in [1.807, 2.05) is 31.2 Å². The summed E-state index contributed by atoms with van der Waals surface area (Å²) in [6, 6.07) is 7.61. The van der Waals surface area contributed by atoms with E-state index in [4.69, 9.17) is 14.6 Å². The van der Waals surface area contributed by atoms with Gasteiger partial charge in [-0.2, -0.15) is 11.8 Å². The highest BCUT2D eigenvalue weighted by Crippen LogP contribution is 2.17. The van der Waals surface area contributed by atoms with Gasteiger partial charge in [0.2, 0.25) is 0 Å². The number of rotatable bonds is 8. The maximum absolute atomic E-state index is 8.59. The standard InChI is InChI=1S/C12H18O3S/c1-2-14-11-3-5-12(6-4-11)15-8-10-16-9-7-13/h3-6,13H,2,7-10H2,1H3. The second-order valence-corrected chi connectivity index (χ2v) is 4.31. The van der Waals surface area contributed by atoms with Gasteiger partial charge in [0.1, 0.15) is 11.5 Å². The van der Waals surface area contributed by atoms with Gasteiger partial charge in [-0.25, -0.2) is 0 Å². The summed E-state index contributed by atoms with van der Waals surface area (Å²) in [6.07, 6.45) is 0. The molecular weight excluding hydrogens is 224 g/mol. The third kappa shape index (κ3) is 5.28. The molecule has 0 saturated heterocycles. The average molecular weight is 242 g/mol. The molecule has 1 N–H and O–H groups in total. The van der Waals surface area contributed by atoms with Crippen LogP contribution in [0.4, 0.5) is 0 Å². The normalized spacial score (nSPS) is 10.1. The van der Waals surface area contributed by atoms with Crippen LogP contribution >= 0.6 is 11.8 Å². The molecule has 0 aromatic heterocycles. The van der Waals surface area contributed by atoms with Crippen molar-refractivity contribution in [3.63, 3.8) is 0 Å². The second kappa shape index (κ2) is 8.30. The Morgan fingerprint density at radius 3 is 2.25 bits per heavy atom. The van der Waals surface area contributed by atoms with Gasteiger partial charge in [-0.05, 0) is 31.2 Å². The Morgan fingerprint density at radius 2 is 1.69 bits per heavy atom. The highest BCUT2D eigenvalue weighted by Gasteiger charge is 1.95. The molecule has 1 aromatic carbocycles. The number of ether oxygens (including phenoxy) is 2. The fourth-order valence-corrected chi connectivity index (χ4v) is 1.72. The van der Waals surface area contributed by atoms with E-state index in [1.54, 1.807) is 11.8 Å². The number of hydrogen-bond acceptors (Lipinski definition) is 4. The zero-order valence-corrected chi connectivity index (χ0v) is 10.3. The first-order valence-electron chi connectivity index (χ1n) is 5.41. The van der Waals surface area contributed by atoms with Gasteiger partial charge in [0.05, 0.1) is 19.8 Å². The van der Waals surface area contributed by atoms with E-state index in [2.05, 4.69) is 0 Å². The van der Waals surface area contributed by atoms with Crippen LogP contribution in [0.5, 0.6) is 11.5 Å². The lowest BCUT2D eigenvalue weighted by atomic mass is 10.3. The van der Waals surface area contributed by atoms with Crippen LogP contribution in [0.2, 0.25) is 0 Å². The Bertz CT molecular complexity index is 274. The molecule has 3 nitrogen and oxygen atoms in total. The van der Waals surface area contributed by atoms with Crippen LogP contribution in [0.25, 0.3) is 0 Å². The van der Waals surface area contributed by atoms with E-state index in [-0.39, 0.29) is 6.61 Å². The second-order valence-electron chi connectivity index (χ2n) is 3.09. The molecule has 0 heterocycles. The zero-order chi connectivity index (χ0) is 11.6. The van der Waals surface area contributed by atoms with Crippen molar-refractivity contribution in [2.24, 2.45) is 0 Å². The monoisotopic (exact) mass is 242 g/mol. The fourth-order valence-electron chi connectivity index (χ4n) is 1.18. The van der Waals surface area contributed by atoms with Crippen molar-refractivity contribution in [1.82, 2.24) is 0 Å². The van der Waals surface area contributed by atoms with Crippen molar-refractivity contribution in [3.05, 3.63) is 24.3 Å². The van der Waals surface area contributed by atoms with E-state index in [0.29, 0.717) is 13.2 Å². The van der Waals surface area contributed by atoms with Crippen LogP contribution < -0.4 is 9.47 Å². The van der Waals surface area contributed by atoms with Gasteiger partial charge in [0.25, 0.3) is 0 Å². The van der Waals surface area contributed by atoms with Crippen LogP contribution in [0.1, 0.15) is 6.92 Å². The van der Waals surface area contributed by atoms with Gasteiger partial charge in [0, 0.05) is 11.5 Å². The Labute approximate surface area is 101 Å². The molecule has 0 amide bonds. The smallest absolute Gasteiger partial charge is 0.119 e. The molecule has 4 heteroatoms. The largest absolute Gasteiger partial charge is 0.494 e. The summed E-state index contributed by atoms with van der Waals surface area (Å²) in [5, 5.41) is 8.59. The maximum atomic E-state index is 8.59. The molecule has 0 atom stereocenters. The molecular formula is C12H18O3S. The van der Waals surface area contributed by atoms with Gasteiger partial charge >= 0.3 is 0 Å².